The Morgan fingerprint density at radius 1 is 1.03 bits per heavy atom. The minimum Gasteiger partial charge on any atom is -0.497 e. The Morgan fingerprint density at radius 3 is 2.42 bits per heavy atom. The first kappa shape index (κ1) is 25.1. The Bertz CT molecular complexity index is 1280. The fourth-order valence-corrected chi connectivity index (χ4v) is 3.99. The Morgan fingerprint density at radius 2 is 1.75 bits per heavy atom. The predicted octanol–water partition coefficient (Wildman–Crippen LogP) is 5.64. The molecule has 0 aliphatic heterocycles. The maximum Gasteiger partial charge on any atom is 0.351 e. The van der Waals surface area contributed by atoms with Crippen molar-refractivity contribution in [1.82, 2.24) is 4.98 Å². The molecule has 2 aromatic carbocycles. The first-order valence-electron chi connectivity index (χ1n) is 11.3. The van der Waals surface area contributed by atoms with Crippen LogP contribution in [0.2, 0.25) is 0 Å². The average molecular weight is 510 g/mol. The van der Waals surface area contributed by atoms with E-state index < -0.39 is 11.6 Å². The first-order chi connectivity index (χ1) is 17.4. The highest BCUT2D eigenvalue weighted by Gasteiger charge is 2.37. The summed E-state index contributed by atoms with van der Waals surface area (Å²) in [7, 11) is 1.53. The van der Waals surface area contributed by atoms with Crippen LogP contribution in [0.3, 0.4) is 0 Å². The van der Waals surface area contributed by atoms with E-state index in [1.165, 1.54) is 14.0 Å². The maximum atomic E-state index is 11.9. The van der Waals surface area contributed by atoms with Crippen LogP contribution in [-0.2, 0) is 11.2 Å². The molecule has 188 valence electrons. The monoisotopic (exact) mass is 509 g/mol. The fourth-order valence-electron chi connectivity index (χ4n) is 3.34. The van der Waals surface area contributed by atoms with E-state index in [2.05, 4.69) is 4.98 Å². The number of thiophene rings is 1. The van der Waals surface area contributed by atoms with Crippen molar-refractivity contribution in [2.45, 2.75) is 25.9 Å². The molecule has 8 nitrogen and oxygen atoms in total. The molecule has 9 heteroatoms. The molecule has 1 unspecified atom stereocenters. The van der Waals surface area contributed by atoms with Crippen molar-refractivity contribution in [3.8, 4) is 33.8 Å². The van der Waals surface area contributed by atoms with E-state index in [1.54, 1.807) is 59.9 Å². The van der Waals surface area contributed by atoms with Crippen molar-refractivity contribution in [3.63, 3.8) is 0 Å². The molecular formula is C27H27NO7S. The second-order valence-electron chi connectivity index (χ2n) is 8.17. The van der Waals surface area contributed by atoms with E-state index >= 15 is 0 Å². The van der Waals surface area contributed by atoms with Gasteiger partial charge in [-0.1, -0.05) is 12.1 Å². The predicted molar refractivity (Wildman–Crippen MR) is 135 cm³/mol. The van der Waals surface area contributed by atoms with Gasteiger partial charge in [0.05, 0.1) is 24.3 Å². The zero-order valence-electron chi connectivity index (χ0n) is 20.2. The van der Waals surface area contributed by atoms with Gasteiger partial charge in [0.1, 0.15) is 35.4 Å². The van der Waals surface area contributed by atoms with Crippen molar-refractivity contribution >= 4 is 17.3 Å². The molecule has 0 aliphatic carbocycles. The zero-order chi connectivity index (χ0) is 25.5. The van der Waals surface area contributed by atoms with Crippen LogP contribution >= 0.6 is 11.3 Å². The molecule has 0 saturated heterocycles. The van der Waals surface area contributed by atoms with Crippen LogP contribution in [0, 0.1) is 6.92 Å². The number of nitrogens with zero attached hydrogens (tertiary/aromatic N) is 1. The van der Waals surface area contributed by atoms with Crippen LogP contribution < -0.4 is 18.9 Å². The number of ether oxygens (including phenoxy) is 4. The number of aromatic nitrogens is 1. The van der Waals surface area contributed by atoms with E-state index in [1.807, 2.05) is 24.4 Å². The number of oxazole rings is 1. The highest BCUT2D eigenvalue weighted by atomic mass is 32.1. The standard InChI is InChI=1S/C27H27NO7S/c1-18-23(28-25(34-18)24-8-5-15-36-24)13-14-32-19-9-11-20(12-10-19)33-17-27(2,26(29)30)35-22-7-4-6-21(16-22)31-3/h4-12,15-16H,13-14,17H2,1-3H3,(H,29,30). The van der Waals surface area contributed by atoms with Gasteiger partial charge in [0, 0.05) is 12.5 Å². The van der Waals surface area contributed by atoms with Crippen LogP contribution in [-0.4, -0.2) is 42.0 Å². The van der Waals surface area contributed by atoms with Gasteiger partial charge in [-0.3, -0.25) is 0 Å². The van der Waals surface area contributed by atoms with Crippen LogP contribution in [0.5, 0.6) is 23.0 Å². The van der Waals surface area contributed by atoms with Crippen molar-refractivity contribution in [3.05, 3.63) is 77.5 Å². The molecule has 0 bridgehead atoms. The van der Waals surface area contributed by atoms with E-state index in [0.717, 1.165) is 16.3 Å². The molecule has 0 spiro atoms. The molecule has 2 heterocycles. The normalized spacial score (nSPS) is 12.5. The molecule has 0 radical (unpaired) electrons. The van der Waals surface area contributed by atoms with Gasteiger partial charge in [0.25, 0.3) is 0 Å². The van der Waals surface area contributed by atoms with Crippen molar-refractivity contribution in [2.24, 2.45) is 0 Å². The molecule has 0 saturated carbocycles. The second kappa shape index (κ2) is 11.2. The minimum absolute atomic E-state index is 0.197. The summed E-state index contributed by atoms with van der Waals surface area (Å²) in [6.07, 6.45) is 0.609. The van der Waals surface area contributed by atoms with Crippen LogP contribution in [0.1, 0.15) is 18.4 Å². The largest absolute Gasteiger partial charge is 0.497 e. The van der Waals surface area contributed by atoms with Gasteiger partial charge in [0.2, 0.25) is 11.5 Å². The number of aliphatic carboxylic acids is 1. The summed E-state index contributed by atoms with van der Waals surface area (Å²) in [5.41, 5.74) is -0.735. The van der Waals surface area contributed by atoms with Gasteiger partial charge in [-0.2, -0.15) is 0 Å². The second-order valence-corrected chi connectivity index (χ2v) is 9.12. The van der Waals surface area contributed by atoms with Crippen LogP contribution in [0.4, 0.5) is 0 Å². The molecule has 1 N–H and O–H groups in total. The number of carboxylic acid groups (broad SMARTS) is 1. The summed E-state index contributed by atoms with van der Waals surface area (Å²) in [5.74, 6) is 2.37. The van der Waals surface area contributed by atoms with Crippen LogP contribution in [0.15, 0.2) is 70.5 Å². The van der Waals surface area contributed by atoms with E-state index in [4.69, 9.17) is 23.4 Å². The lowest BCUT2D eigenvalue weighted by atomic mass is 10.1. The summed E-state index contributed by atoms with van der Waals surface area (Å²) in [4.78, 5) is 17.5. The van der Waals surface area contributed by atoms with Gasteiger partial charge < -0.3 is 28.5 Å². The van der Waals surface area contributed by atoms with E-state index in [0.29, 0.717) is 41.9 Å². The topological polar surface area (TPSA) is 100 Å². The highest BCUT2D eigenvalue weighted by Crippen LogP contribution is 2.27. The molecule has 4 rings (SSSR count). The van der Waals surface area contributed by atoms with Gasteiger partial charge in [-0.05, 0) is 61.7 Å². The third-order valence-corrected chi connectivity index (χ3v) is 6.26. The Hall–Kier alpha value is -3.98. The number of benzene rings is 2. The molecule has 1 atom stereocenters. The molecule has 2 aromatic heterocycles. The molecule has 0 amide bonds. The summed E-state index contributed by atoms with van der Waals surface area (Å²) in [5, 5.41) is 11.7. The molecule has 4 aromatic rings. The average Bonchev–Trinajstić information content (AvgIpc) is 3.54. The number of hydrogen-bond donors (Lipinski definition) is 1. The van der Waals surface area contributed by atoms with Gasteiger partial charge in [0.15, 0.2) is 0 Å². The Labute approximate surface area is 213 Å². The van der Waals surface area contributed by atoms with E-state index in [9.17, 15) is 9.90 Å². The number of hydrogen-bond acceptors (Lipinski definition) is 8. The third kappa shape index (κ3) is 6.17. The van der Waals surface area contributed by atoms with Crippen molar-refractivity contribution in [2.75, 3.05) is 20.3 Å². The van der Waals surface area contributed by atoms with Gasteiger partial charge in [-0.25, -0.2) is 9.78 Å². The molecule has 0 aliphatic rings. The molecule has 0 fully saturated rings. The minimum atomic E-state index is -1.60. The number of rotatable bonds is 12. The third-order valence-electron chi connectivity index (χ3n) is 5.41. The number of carbonyl (C=O) groups is 1. The lowest BCUT2D eigenvalue weighted by molar-refractivity contribution is -0.156. The summed E-state index contributed by atoms with van der Waals surface area (Å²) in [6.45, 7) is 3.59. The van der Waals surface area contributed by atoms with Gasteiger partial charge >= 0.3 is 5.97 Å². The van der Waals surface area contributed by atoms with Crippen molar-refractivity contribution < 1.29 is 33.3 Å². The maximum absolute atomic E-state index is 11.9. The highest BCUT2D eigenvalue weighted by molar-refractivity contribution is 7.13. The number of aryl methyl sites for hydroxylation is 1. The van der Waals surface area contributed by atoms with E-state index in [-0.39, 0.29) is 6.61 Å². The van der Waals surface area contributed by atoms with Gasteiger partial charge in [-0.15, -0.1) is 11.3 Å². The summed E-state index contributed by atoms with van der Waals surface area (Å²) >= 11 is 1.58. The molecule has 36 heavy (non-hydrogen) atoms. The lowest BCUT2D eigenvalue weighted by Crippen LogP contribution is -2.47. The van der Waals surface area contributed by atoms with Crippen molar-refractivity contribution in [1.29, 1.82) is 0 Å². The fraction of sp³-hybridized carbons (Fsp3) is 0.259. The smallest absolute Gasteiger partial charge is 0.351 e. The Kier molecular flexibility index (Phi) is 7.80. The first-order valence-corrected chi connectivity index (χ1v) is 12.2. The Balaban J connectivity index is 1.30. The number of carboxylic acids is 1. The number of methoxy groups -OCH3 is 1. The summed E-state index contributed by atoms with van der Waals surface area (Å²) in [6, 6.07) is 17.7. The molecular weight excluding hydrogens is 482 g/mol. The SMILES string of the molecule is COc1cccc(OC(C)(COc2ccc(OCCc3nc(-c4cccs4)oc3C)cc2)C(=O)O)c1. The zero-order valence-corrected chi connectivity index (χ0v) is 21.0. The van der Waals surface area contributed by atoms with Crippen LogP contribution in [0.25, 0.3) is 10.8 Å². The lowest BCUT2D eigenvalue weighted by Gasteiger charge is -2.26. The summed E-state index contributed by atoms with van der Waals surface area (Å²) < 4.78 is 28.2. The quantitative estimate of drug-likeness (QED) is 0.262.